The third kappa shape index (κ3) is 3.39. The Hall–Kier alpha value is -1.69. The number of aromatic amines is 1. The van der Waals surface area contributed by atoms with E-state index in [4.69, 9.17) is 11.5 Å². The predicted octanol–water partition coefficient (Wildman–Crippen LogP) is 1.07. The van der Waals surface area contributed by atoms with Gasteiger partial charge in [-0.25, -0.2) is 4.98 Å². The predicted molar refractivity (Wildman–Crippen MR) is 72.9 cm³/mol. The Bertz CT molecular complexity index is 482. The molecule has 0 unspecified atom stereocenters. The molecule has 0 amide bonds. The van der Waals surface area contributed by atoms with Crippen molar-refractivity contribution in [3.8, 4) is 0 Å². The average Bonchev–Trinajstić information content (AvgIpc) is 2.70. The van der Waals surface area contributed by atoms with E-state index in [-0.39, 0.29) is 5.96 Å². The van der Waals surface area contributed by atoms with Gasteiger partial charge in [-0.2, -0.15) is 11.8 Å². The van der Waals surface area contributed by atoms with Gasteiger partial charge < -0.3 is 16.5 Å². The summed E-state index contributed by atoms with van der Waals surface area (Å²) in [4.78, 5) is 11.7. The van der Waals surface area contributed by atoms with Crippen molar-refractivity contribution in [1.82, 2.24) is 9.97 Å². The number of fused-ring (bicyclic) bond motifs is 1. The molecule has 0 spiro atoms. The van der Waals surface area contributed by atoms with Crippen molar-refractivity contribution in [2.24, 2.45) is 16.5 Å². The van der Waals surface area contributed by atoms with Gasteiger partial charge in [-0.3, -0.25) is 4.99 Å². The van der Waals surface area contributed by atoms with Crippen LogP contribution < -0.4 is 11.5 Å². The Morgan fingerprint density at radius 3 is 2.94 bits per heavy atom. The SMILES string of the molecule is NC(N)=NCCSCc1nc2ccccc2[nH]1. The van der Waals surface area contributed by atoms with Crippen LogP contribution in [0.2, 0.25) is 0 Å². The number of H-pyrrole nitrogens is 1. The maximum Gasteiger partial charge on any atom is 0.185 e. The van der Waals surface area contributed by atoms with Crippen molar-refractivity contribution < 1.29 is 0 Å². The smallest absolute Gasteiger partial charge is 0.185 e. The molecular formula is C11H15N5S. The van der Waals surface area contributed by atoms with E-state index in [0.29, 0.717) is 6.54 Å². The molecule has 1 aromatic carbocycles. The maximum absolute atomic E-state index is 5.24. The van der Waals surface area contributed by atoms with Gasteiger partial charge in [0, 0.05) is 5.75 Å². The lowest BCUT2D eigenvalue weighted by Gasteiger charge is -1.96. The molecule has 6 heteroatoms. The van der Waals surface area contributed by atoms with Gasteiger partial charge in [-0.05, 0) is 12.1 Å². The van der Waals surface area contributed by atoms with Crippen molar-refractivity contribution in [2.75, 3.05) is 12.3 Å². The molecule has 0 atom stereocenters. The molecule has 1 aromatic heterocycles. The highest BCUT2D eigenvalue weighted by atomic mass is 32.2. The summed E-state index contributed by atoms with van der Waals surface area (Å²) in [5.41, 5.74) is 12.6. The standard InChI is InChI=1S/C11H15N5S/c12-11(13)14-5-6-17-7-10-15-8-3-1-2-4-9(8)16-10/h1-4H,5-7H2,(H,15,16)(H4,12,13,14). The highest BCUT2D eigenvalue weighted by Gasteiger charge is 2.01. The molecule has 0 saturated carbocycles. The number of rotatable bonds is 5. The fraction of sp³-hybridized carbons (Fsp3) is 0.273. The molecule has 2 rings (SSSR count). The Balaban J connectivity index is 1.85. The van der Waals surface area contributed by atoms with E-state index in [0.717, 1.165) is 28.4 Å². The van der Waals surface area contributed by atoms with Gasteiger partial charge in [0.25, 0.3) is 0 Å². The first-order valence-corrected chi connectivity index (χ1v) is 6.48. The number of thioether (sulfide) groups is 1. The molecule has 0 bridgehead atoms. The third-order valence-electron chi connectivity index (χ3n) is 2.21. The minimum atomic E-state index is 0.148. The Morgan fingerprint density at radius 1 is 1.35 bits per heavy atom. The number of guanidine groups is 1. The molecule has 0 aliphatic carbocycles. The van der Waals surface area contributed by atoms with Crippen molar-refractivity contribution in [3.05, 3.63) is 30.1 Å². The fourth-order valence-electron chi connectivity index (χ4n) is 1.48. The number of imidazole rings is 1. The van der Waals surface area contributed by atoms with Crippen LogP contribution in [0.3, 0.4) is 0 Å². The summed E-state index contributed by atoms with van der Waals surface area (Å²) in [6.07, 6.45) is 0. The monoisotopic (exact) mass is 249 g/mol. The summed E-state index contributed by atoms with van der Waals surface area (Å²) in [7, 11) is 0. The second-order valence-electron chi connectivity index (χ2n) is 3.56. The average molecular weight is 249 g/mol. The van der Waals surface area contributed by atoms with Crippen LogP contribution in [0.5, 0.6) is 0 Å². The first kappa shape index (κ1) is 11.8. The van der Waals surface area contributed by atoms with Gasteiger partial charge in [-0.15, -0.1) is 0 Å². The second kappa shape index (κ2) is 5.58. The lowest BCUT2D eigenvalue weighted by atomic mass is 10.3. The molecule has 0 saturated heterocycles. The number of hydrogen-bond acceptors (Lipinski definition) is 3. The van der Waals surface area contributed by atoms with Crippen LogP contribution in [0.4, 0.5) is 0 Å². The summed E-state index contributed by atoms with van der Waals surface area (Å²) in [5.74, 6) is 2.86. The van der Waals surface area contributed by atoms with E-state index < -0.39 is 0 Å². The largest absolute Gasteiger partial charge is 0.370 e. The highest BCUT2D eigenvalue weighted by molar-refractivity contribution is 7.98. The first-order chi connectivity index (χ1) is 8.25. The van der Waals surface area contributed by atoms with Crippen molar-refractivity contribution in [1.29, 1.82) is 0 Å². The molecule has 2 aromatic rings. The van der Waals surface area contributed by atoms with Crippen molar-refractivity contribution in [3.63, 3.8) is 0 Å². The lowest BCUT2D eigenvalue weighted by molar-refractivity contribution is 1.11. The van der Waals surface area contributed by atoms with E-state index in [1.165, 1.54) is 0 Å². The normalized spacial score (nSPS) is 10.6. The second-order valence-corrected chi connectivity index (χ2v) is 4.66. The van der Waals surface area contributed by atoms with Crippen LogP contribution in [0, 0.1) is 0 Å². The fourth-order valence-corrected chi connectivity index (χ4v) is 2.18. The number of nitrogens with two attached hydrogens (primary N) is 2. The number of aliphatic imine (C=N–C) groups is 1. The molecule has 0 fully saturated rings. The zero-order valence-electron chi connectivity index (χ0n) is 9.39. The highest BCUT2D eigenvalue weighted by Crippen LogP contribution is 2.14. The van der Waals surface area contributed by atoms with Crippen LogP contribution in [0.1, 0.15) is 5.82 Å². The maximum atomic E-state index is 5.24. The van der Waals surface area contributed by atoms with Gasteiger partial charge >= 0.3 is 0 Å². The molecule has 5 nitrogen and oxygen atoms in total. The van der Waals surface area contributed by atoms with Crippen LogP contribution >= 0.6 is 11.8 Å². The van der Waals surface area contributed by atoms with Crippen molar-refractivity contribution >= 4 is 28.8 Å². The minimum absolute atomic E-state index is 0.148. The summed E-state index contributed by atoms with van der Waals surface area (Å²) in [6, 6.07) is 8.00. The van der Waals surface area contributed by atoms with Crippen molar-refractivity contribution in [2.45, 2.75) is 5.75 Å². The molecule has 90 valence electrons. The van der Waals surface area contributed by atoms with Crippen LogP contribution in [-0.2, 0) is 5.75 Å². The molecule has 0 aliphatic rings. The summed E-state index contributed by atoms with van der Waals surface area (Å²) in [5, 5.41) is 0. The Kier molecular flexibility index (Phi) is 3.87. The molecule has 17 heavy (non-hydrogen) atoms. The third-order valence-corrected chi connectivity index (χ3v) is 3.16. The van der Waals surface area contributed by atoms with Gasteiger partial charge in [0.15, 0.2) is 5.96 Å². The molecule has 0 radical (unpaired) electrons. The first-order valence-electron chi connectivity index (χ1n) is 5.32. The zero-order valence-corrected chi connectivity index (χ0v) is 10.2. The summed E-state index contributed by atoms with van der Waals surface area (Å²) < 4.78 is 0. The van der Waals surface area contributed by atoms with Gasteiger partial charge in [-0.1, -0.05) is 12.1 Å². The number of aromatic nitrogens is 2. The van der Waals surface area contributed by atoms with E-state index in [2.05, 4.69) is 15.0 Å². The van der Waals surface area contributed by atoms with E-state index in [9.17, 15) is 0 Å². The van der Waals surface area contributed by atoms with Crippen LogP contribution in [-0.4, -0.2) is 28.2 Å². The number of nitrogens with one attached hydrogen (secondary N) is 1. The minimum Gasteiger partial charge on any atom is -0.370 e. The quantitative estimate of drug-likeness (QED) is 0.420. The van der Waals surface area contributed by atoms with Gasteiger partial charge in [0.2, 0.25) is 0 Å². The number of benzene rings is 1. The molecule has 1 heterocycles. The lowest BCUT2D eigenvalue weighted by Crippen LogP contribution is -2.23. The zero-order chi connectivity index (χ0) is 12.1. The van der Waals surface area contributed by atoms with E-state index in [1.807, 2.05) is 24.3 Å². The Morgan fingerprint density at radius 2 is 2.18 bits per heavy atom. The topological polar surface area (TPSA) is 93.1 Å². The van der Waals surface area contributed by atoms with Crippen LogP contribution in [0.15, 0.2) is 29.3 Å². The number of nitrogens with zero attached hydrogens (tertiary/aromatic N) is 2. The number of hydrogen-bond donors (Lipinski definition) is 3. The molecular weight excluding hydrogens is 234 g/mol. The van der Waals surface area contributed by atoms with Gasteiger partial charge in [0.1, 0.15) is 5.82 Å². The van der Waals surface area contributed by atoms with Crippen LogP contribution in [0.25, 0.3) is 11.0 Å². The Labute approximate surface area is 104 Å². The molecule has 5 N–H and O–H groups in total. The summed E-state index contributed by atoms with van der Waals surface area (Å²) >= 11 is 1.75. The van der Waals surface area contributed by atoms with E-state index in [1.54, 1.807) is 11.8 Å². The van der Waals surface area contributed by atoms with Gasteiger partial charge in [0.05, 0.1) is 23.3 Å². The number of para-hydroxylation sites is 2. The molecule has 0 aliphatic heterocycles. The summed E-state index contributed by atoms with van der Waals surface area (Å²) in [6.45, 7) is 0.646. The van der Waals surface area contributed by atoms with E-state index >= 15 is 0 Å².